The second-order valence-electron chi connectivity index (χ2n) is 4.47. The third kappa shape index (κ3) is 4.19. The minimum Gasteiger partial charge on any atom is -0.350 e. The number of carbonyl (C=O) groups is 1. The molecule has 94 valence electrons. The molecule has 0 saturated carbocycles. The minimum atomic E-state index is -0.00199. The van der Waals surface area contributed by atoms with Crippen LogP contribution in [-0.2, 0) is 0 Å². The molecule has 1 atom stereocenters. The normalized spacial score (nSPS) is 12.2. The van der Waals surface area contributed by atoms with Gasteiger partial charge in [0.1, 0.15) is 0 Å². The lowest BCUT2D eigenvalue weighted by molar-refractivity contribution is 0.0950. The van der Waals surface area contributed by atoms with Crippen molar-refractivity contribution in [3.63, 3.8) is 0 Å². The highest BCUT2D eigenvalue weighted by atomic mass is 16.1. The summed E-state index contributed by atoms with van der Waals surface area (Å²) in [5.74, 6) is -0.00199. The van der Waals surface area contributed by atoms with Crippen molar-refractivity contribution in [2.45, 2.75) is 33.7 Å². The summed E-state index contributed by atoms with van der Waals surface area (Å²) >= 11 is 0. The second kappa shape index (κ2) is 6.40. The van der Waals surface area contributed by atoms with Crippen molar-refractivity contribution in [3.8, 4) is 0 Å². The largest absolute Gasteiger partial charge is 0.350 e. The molecule has 0 spiro atoms. The Morgan fingerprint density at radius 3 is 2.59 bits per heavy atom. The maximum atomic E-state index is 11.9. The van der Waals surface area contributed by atoms with Gasteiger partial charge in [-0.15, -0.1) is 0 Å². The van der Waals surface area contributed by atoms with E-state index in [1.54, 1.807) is 0 Å². The van der Waals surface area contributed by atoms with E-state index in [-0.39, 0.29) is 5.91 Å². The zero-order valence-corrected chi connectivity index (χ0v) is 11.1. The van der Waals surface area contributed by atoms with Gasteiger partial charge in [0, 0.05) is 18.2 Å². The van der Waals surface area contributed by atoms with Gasteiger partial charge in [-0.3, -0.25) is 4.79 Å². The summed E-state index contributed by atoms with van der Waals surface area (Å²) in [6.07, 6.45) is 0. The van der Waals surface area contributed by atoms with E-state index in [0.29, 0.717) is 12.6 Å². The minimum absolute atomic E-state index is 0.00199. The Kier molecular flexibility index (Phi) is 5.16. The highest BCUT2D eigenvalue weighted by molar-refractivity contribution is 5.94. The number of amides is 1. The van der Waals surface area contributed by atoms with Crippen LogP contribution in [0.4, 0.5) is 0 Å². The van der Waals surface area contributed by atoms with Gasteiger partial charge in [0.15, 0.2) is 0 Å². The topological polar surface area (TPSA) is 41.1 Å². The summed E-state index contributed by atoms with van der Waals surface area (Å²) in [5.41, 5.74) is 3.09. The van der Waals surface area contributed by atoms with Crippen LogP contribution in [0.15, 0.2) is 18.2 Å². The van der Waals surface area contributed by atoms with E-state index in [9.17, 15) is 4.79 Å². The summed E-state index contributed by atoms with van der Waals surface area (Å²) in [5, 5.41) is 6.19. The van der Waals surface area contributed by atoms with Crippen molar-refractivity contribution < 1.29 is 4.79 Å². The number of benzene rings is 1. The fourth-order valence-electron chi connectivity index (χ4n) is 1.65. The summed E-state index contributed by atoms with van der Waals surface area (Å²) in [6.45, 7) is 9.75. The molecule has 0 saturated heterocycles. The zero-order valence-electron chi connectivity index (χ0n) is 11.1. The Balaban J connectivity index is 2.55. The maximum absolute atomic E-state index is 11.9. The van der Waals surface area contributed by atoms with Crippen LogP contribution in [0.5, 0.6) is 0 Å². The smallest absolute Gasteiger partial charge is 0.251 e. The molecule has 0 aliphatic carbocycles. The number of hydrogen-bond donors (Lipinski definition) is 2. The molecule has 0 radical (unpaired) electrons. The first-order valence-electron chi connectivity index (χ1n) is 6.13. The van der Waals surface area contributed by atoms with Crippen LogP contribution in [0.3, 0.4) is 0 Å². The molecule has 1 rings (SSSR count). The number of nitrogens with one attached hydrogen (secondary N) is 2. The van der Waals surface area contributed by atoms with E-state index in [0.717, 1.165) is 17.7 Å². The van der Waals surface area contributed by atoms with Gasteiger partial charge in [-0.2, -0.15) is 0 Å². The van der Waals surface area contributed by atoms with Gasteiger partial charge in [-0.05, 0) is 50.6 Å². The zero-order chi connectivity index (χ0) is 12.8. The van der Waals surface area contributed by atoms with E-state index in [1.165, 1.54) is 5.56 Å². The predicted molar refractivity (Wildman–Crippen MR) is 71.4 cm³/mol. The molecule has 0 aliphatic heterocycles. The lowest BCUT2D eigenvalue weighted by atomic mass is 10.1. The fraction of sp³-hybridized carbons (Fsp3) is 0.500. The Morgan fingerprint density at radius 2 is 2.00 bits per heavy atom. The summed E-state index contributed by atoms with van der Waals surface area (Å²) in [6, 6.07) is 6.09. The van der Waals surface area contributed by atoms with Gasteiger partial charge < -0.3 is 10.6 Å². The van der Waals surface area contributed by atoms with Crippen molar-refractivity contribution in [2.75, 3.05) is 13.1 Å². The number of rotatable bonds is 5. The fourth-order valence-corrected chi connectivity index (χ4v) is 1.65. The Morgan fingerprint density at radius 1 is 1.29 bits per heavy atom. The van der Waals surface area contributed by atoms with Crippen molar-refractivity contribution in [2.24, 2.45) is 0 Å². The van der Waals surface area contributed by atoms with Gasteiger partial charge in [-0.25, -0.2) is 0 Å². The highest BCUT2D eigenvalue weighted by Crippen LogP contribution is 2.09. The number of carbonyl (C=O) groups excluding carboxylic acids is 1. The van der Waals surface area contributed by atoms with Gasteiger partial charge >= 0.3 is 0 Å². The van der Waals surface area contributed by atoms with Crippen molar-refractivity contribution in [1.82, 2.24) is 10.6 Å². The summed E-state index contributed by atoms with van der Waals surface area (Å²) in [7, 11) is 0. The van der Waals surface area contributed by atoms with Gasteiger partial charge in [0.25, 0.3) is 5.91 Å². The standard InChI is InChI=1S/C14H22N2O/c1-5-15-12(4)9-16-14(17)13-7-6-10(2)11(3)8-13/h6-8,12,15H,5,9H2,1-4H3,(H,16,17)/t12-/m1/s1. The van der Waals surface area contributed by atoms with Crippen molar-refractivity contribution >= 4 is 5.91 Å². The van der Waals surface area contributed by atoms with Crippen LogP contribution in [0.2, 0.25) is 0 Å². The van der Waals surface area contributed by atoms with Crippen molar-refractivity contribution in [1.29, 1.82) is 0 Å². The summed E-state index contributed by atoms with van der Waals surface area (Å²) < 4.78 is 0. The monoisotopic (exact) mass is 234 g/mol. The molecule has 0 unspecified atom stereocenters. The van der Waals surface area contributed by atoms with E-state index in [1.807, 2.05) is 32.0 Å². The first-order chi connectivity index (χ1) is 8.04. The first-order valence-corrected chi connectivity index (χ1v) is 6.13. The first kappa shape index (κ1) is 13.7. The molecule has 1 aromatic carbocycles. The number of aryl methyl sites for hydroxylation is 2. The Labute approximate surface area is 104 Å². The predicted octanol–water partition coefficient (Wildman–Crippen LogP) is 2.03. The van der Waals surface area contributed by atoms with E-state index < -0.39 is 0 Å². The highest BCUT2D eigenvalue weighted by Gasteiger charge is 2.07. The van der Waals surface area contributed by atoms with Crippen LogP contribution in [0.25, 0.3) is 0 Å². The molecular weight excluding hydrogens is 212 g/mol. The van der Waals surface area contributed by atoms with Gasteiger partial charge in [0.05, 0.1) is 0 Å². The molecule has 1 aromatic rings. The lowest BCUT2D eigenvalue weighted by Crippen LogP contribution is -2.38. The molecular formula is C14H22N2O. The average molecular weight is 234 g/mol. The van der Waals surface area contributed by atoms with E-state index >= 15 is 0 Å². The molecule has 3 heteroatoms. The second-order valence-corrected chi connectivity index (χ2v) is 4.47. The van der Waals surface area contributed by atoms with Gasteiger partial charge in [0.2, 0.25) is 0 Å². The average Bonchev–Trinajstić information content (AvgIpc) is 2.30. The number of likely N-dealkylation sites (N-methyl/N-ethyl adjacent to an activating group) is 1. The Hall–Kier alpha value is -1.35. The molecule has 1 amide bonds. The van der Waals surface area contributed by atoms with Crippen LogP contribution in [0, 0.1) is 13.8 Å². The quantitative estimate of drug-likeness (QED) is 0.818. The van der Waals surface area contributed by atoms with Crippen LogP contribution in [0.1, 0.15) is 35.3 Å². The molecule has 0 bridgehead atoms. The SMILES string of the molecule is CCN[C@H](C)CNC(=O)c1ccc(C)c(C)c1. The van der Waals surface area contributed by atoms with Crippen molar-refractivity contribution in [3.05, 3.63) is 34.9 Å². The Bertz CT molecular complexity index is 388. The van der Waals surface area contributed by atoms with Crippen LogP contribution < -0.4 is 10.6 Å². The van der Waals surface area contributed by atoms with Crippen LogP contribution >= 0.6 is 0 Å². The van der Waals surface area contributed by atoms with Gasteiger partial charge in [-0.1, -0.05) is 13.0 Å². The molecule has 2 N–H and O–H groups in total. The molecule has 0 heterocycles. The molecule has 3 nitrogen and oxygen atoms in total. The third-order valence-electron chi connectivity index (χ3n) is 2.89. The molecule has 0 aliphatic rings. The van der Waals surface area contributed by atoms with Crippen LogP contribution in [-0.4, -0.2) is 25.0 Å². The molecule has 17 heavy (non-hydrogen) atoms. The maximum Gasteiger partial charge on any atom is 0.251 e. The molecule has 0 aromatic heterocycles. The van der Waals surface area contributed by atoms with E-state index in [4.69, 9.17) is 0 Å². The lowest BCUT2D eigenvalue weighted by Gasteiger charge is -2.13. The van der Waals surface area contributed by atoms with E-state index in [2.05, 4.69) is 24.5 Å². The number of hydrogen-bond acceptors (Lipinski definition) is 2. The molecule has 0 fully saturated rings. The summed E-state index contributed by atoms with van der Waals surface area (Å²) in [4.78, 5) is 11.9. The third-order valence-corrected chi connectivity index (χ3v) is 2.89.